The number of carbonyl (C=O) groups is 1. The minimum atomic E-state index is -4.35. The van der Waals surface area contributed by atoms with Gasteiger partial charge in [0.05, 0.1) is 6.54 Å². The summed E-state index contributed by atoms with van der Waals surface area (Å²) in [6, 6.07) is 0. The van der Waals surface area contributed by atoms with E-state index in [1.54, 1.807) is 6.92 Å². The maximum Gasteiger partial charge on any atom is 0.404 e. The van der Waals surface area contributed by atoms with Crippen molar-refractivity contribution < 1.29 is 50.7 Å². The molecule has 0 aromatic carbocycles. The second-order valence-corrected chi connectivity index (χ2v) is 3.16. The molecule has 0 bridgehead atoms. The van der Waals surface area contributed by atoms with Crippen molar-refractivity contribution in [2.24, 2.45) is 0 Å². The molecule has 0 atom stereocenters. The van der Waals surface area contributed by atoms with Crippen molar-refractivity contribution in [3.8, 4) is 0 Å². The minimum Gasteiger partial charge on any atom is -0.448 e. The van der Waals surface area contributed by atoms with E-state index in [-0.39, 0.29) is 44.0 Å². The van der Waals surface area contributed by atoms with Gasteiger partial charge in [-0.05, 0) is 0 Å². The summed E-state index contributed by atoms with van der Waals surface area (Å²) in [6.45, 7) is 3.80. The largest absolute Gasteiger partial charge is 0.448 e. The number of nitrogens with zero attached hydrogens (tertiary/aromatic N) is 1. The first-order chi connectivity index (χ1) is 6.83. The number of carbonyl (C=O) groups excluding carboxylic acids is 1. The zero-order valence-electron chi connectivity index (χ0n) is 8.64. The van der Waals surface area contributed by atoms with Gasteiger partial charge in [0.15, 0.2) is 0 Å². The molecule has 0 saturated heterocycles. The van der Waals surface area contributed by atoms with Crippen molar-refractivity contribution in [3.05, 3.63) is 35.7 Å². The maximum absolute atomic E-state index is 12.1. The van der Waals surface area contributed by atoms with Gasteiger partial charge in [0.25, 0.3) is 0 Å². The van der Waals surface area contributed by atoms with Gasteiger partial charge in [-0.1, -0.05) is 24.4 Å². The summed E-state index contributed by atoms with van der Waals surface area (Å²) in [7, 11) is 0. The van der Waals surface area contributed by atoms with Crippen molar-refractivity contribution in [1.29, 1.82) is 0 Å². The molecule has 2 nitrogen and oxygen atoms in total. The fourth-order valence-corrected chi connectivity index (χ4v) is 1.20. The van der Waals surface area contributed by atoms with Gasteiger partial charge >= 0.3 is 6.18 Å². The standard InChI is InChI=1S/C10H9F3NO.Y/c1-7-3-9(5-15)8(2)14(4-7)6-10(11,12)13;/h3,5H,2,6H2,1H3;/q-1;. The quantitative estimate of drug-likeness (QED) is 0.576. The Hall–Kier alpha value is -0.416. The Bertz CT molecular complexity index is 358. The molecular weight excluding hydrogens is 296 g/mol. The van der Waals surface area contributed by atoms with E-state index in [0.29, 0.717) is 11.9 Å². The maximum atomic E-state index is 12.1. The smallest absolute Gasteiger partial charge is 0.404 e. The molecule has 0 amide bonds. The van der Waals surface area contributed by atoms with Crippen LogP contribution in [0.2, 0.25) is 0 Å². The van der Waals surface area contributed by atoms with Gasteiger partial charge in [0.1, 0.15) is 6.29 Å². The number of aldehydes is 1. The SMILES string of the molecule is C=C1C(C=O)=CC(C)=[C-]N1CC(F)(F)F.[Y]. The molecule has 0 fully saturated rings. The van der Waals surface area contributed by atoms with Crippen LogP contribution >= 0.6 is 0 Å². The average Bonchev–Trinajstić information content (AvgIpc) is 2.08. The molecular formula is C10H9F3NOY-. The number of alkyl halides is 3. The van der Waals surface area contributed by atoms with Crippen LogP contribution in [0.5, 0.6) is 0 Å². The van der Waals surface area contributed by atoms with Crippen LogP contribution in [0.1, 0.15) is 6.92 Å². The van der Waals surface area contributed by atoms with Crippen molar-refractivity contribution in [2.45, 2.75) is 13.1 Å². The zero-order chi connectivity index (χ0) is 11.6. The molecule has 0 N–H and O–H groups in total. The molecule has 16 heavy (non-hydrogen) atoms. The van der Waals surface area contributed by atoms with E-state index >= 15 is 0 Å². The number of allylic oxidation sites excluding steroid dienone is 3. The predicted octanol–water partition coefficient (Wildman–Crippen LogP) is 2.21. The predicted molar refractivity (Wildman–Crippen MR) is 48.5 cm³/mol. The molecule has 0 aromatic heterocycles. The Morgan fingerprint density at radius 2 is 2.12 bits per heavy atom. The third kappa shape index (κ3) is 4.22. The number of rotatable bonds is 2. The van der Waals surface area contributed by atoms with E-state index in [9.17, 15) is 18.0 Å². The topological polar surface area (TPSA) is 20.3 Å². The Morgan fingerprint density at radius 3 is 2.56 bits per heavy atom. The van der Waals surface area contributed by atoms with Gasteiger partial charge in [-0.15, -0.1) is 12.2 Å². The average molecular weight is 305 g/mol. The van der Waals surface area contributed by atoms with Crippen LogP contribution in [0.3, 0.4) is 0 Å². The molecule has 0 spiro atoms. The molecule has 1 aliphatic rings. The van der Waals surface area contributed by atoms with Crippen LogP contribution in [-0.2, 0) is 37.5 Å². The summed E-state index contributed by atoms with van der Waals surface area (Å²) in [4.78, 5) is 11.4. The van der Waals surface area contributed by atoms with Gasteiger partial charge in [-0.3, -0.25) is 0 Å². The molecule has 0 saturated carbocycles. The van der Waals surface area contributed by atoms with Crippen LogP contribution in [-0.4, -0.2) is 23.9 Å². The third-order valence-electron chi connectivity index (χ3n) is 1.81. The van der Waals surface area contributed by atoms with E-state index in [4.69, 9.17) is 0 Å². The van der Waals surface area contributed by atoms with Crippen molar-refractivity contribution >= 4 is 6.29 Å². The fourth-order valence-electron chi connectivity index (χ4n) is 1.20. The monoisotopic (exact) mass is 305 g/mol. The molecule has 0 aliphatic carbocycles. The molecule has 0 unspecified atom stereocenters. The molecule has 1 rings (SSSR count). The summed E-state index contributed by atoms with van der Waals surface area (Å²) in [5.41, 5.74) is 0.636. The first-order valence-corrected chi connectivity index (χ1v) is 4.14. The van der Waals surface area contributed by atoms with Gasteiger partial charge < -0.3 is 9.69 Å². The Balaban J connectivity index is 0.00000225. The van der Waals surface area contributed by atoms with Gasteiger partial charge in [0.2, 0.25) is 0 Å². The fraction of sp³-hybridized carbons (Fsp3) is 0.300. The third-order valence-corrected chi connectivity index (χ3v) is 1.81. The van der Waals surface area contributed by atoms with Crippen molar-refractivity contribution in [2.75, 3.05) is 6.54 Å². The Morgan fingerprint density at radius 1 is 1.56 bits per heavy atom. The second-order valence-electron chi connectivity index (χ2n) is 3.16. The van der Waals surface area contributed by atoms with Crippen molar-refractivity contribution in [3.63, 3.8) is 0 Å². The van der Waals surface area contributed by atoms with Gasteiger partial charge in [-0.25, -0.2) is 0 Å². The van der Waals surface area contributed by atoms with E-state index < -0.39 is 12.7 Å². The zero-order valence-corrected chi connectivity index (χ0v) is 11.5. The Kier molecular flexibility index (Phi) is 5.63. The minimum absolute atomic E-state index is 0. The van der Waals surface area contributed by atoms with Crippen LogP contribution in [0.25, 0.3) is 0 Å². The molecule has 1 radical (unpaired) electrons. The number of hydrogen-bond acceptors (Lipinski definition) is 2. The summed E-state index contributed by atoms with van der Waals surface area (Å²) < 4.78 is 36.4. The van der Waals surface area contributed by atoms with Gasteiger partial charge in [0, 0.05) is 32.7 Å². The molecule has 0 aromatic rings. The summed E-state index contributed by atoms with van der Waals surface area (Å²) in [5.74, 6) is 0. The van der Waals surface area contributed by atoms with Crippen LogP contribution in [0.15, 0.2) is 29.5 Å². The first kappa shape index (κ1) is 15.6. The molecule has 1 heterocycles. The van der Waals surface area contributed by atoms with E-state index in [1.165, 1.54) is 6.08 Å². The van der Waals surface area contributed by atoms with E-state index in [2.05, 4.69) is 12.8 Å². The molecule has 85 valence electrons. The van der Waals surface area contributed by atoms with Crippen LogP contribution in [0.4, 0.5) is 13.2 Å². The van der Waals surface area contributed by atoms with Crippen LogP contribution in [0, 0.1) is 6.20 Å². The summed E-state index contributed by atoms with van der Waals surface area (Å²) in [6.07, 6.45) is 0.0653. The Labute approximate surface area is 117 Å². The molecule has 1 aliphatic heterocycles. The van der Waals surface area contributed by atoms with Crippen molar-refractivity contribution in [1.82, 2.24) is 4.90 Å². The van der Waals surface area contributed by atoms with Crippen LogP contribution < -0.4 is 0 Å². The normalized spacial score (nSPS) is 16.2. The molecule has 6 heteroatoms. The first-order valence-electron chi connectivity index (χ1n) is 4.14. The van der Waals surface area contributed by atoms with Gasteiger partial charge in [-0.2, -0.15) is 19.2 Å². The van der Waals surface area contributed by atoms with E-state index in [1.807, 2.05) is 0 Å². The number of hydrogen-bond donors (Lipinski definition) is 0. The number of halogens is 3. The van der Waals surface area contributed by atoms with E-state index in [0.717, 1.165) is 4.90 Å². The summed E-state index contributed by atoms with van der Waals surface area (Å²) in [5, 5.41) is 0. The summed E-state index contributed by atoms with van der Waals surface area (Å²) >= 11 is 0. The second kappa shape index (κ2) is 5.78.